The van der Waals surface area contributed by atoms with E-state index >= 15 is 0 Å². The van der Waals surface area contributed by atoms with Crippen molar-refractivity contribution in [2.75, 3.05) is 11.1 Å². The lowest BCUT2D eigenvalue weighted by Crippen LogP contribution is -2.19. The number of hydrogen-bond acceptors (Lipinski definition) is 4. The minimum Gasteiger partial charge on any atom is -0.310 e. The minimum absolute atomic E-state index is 0.0569. The van der Waals surface area contributed by atoms with Gasteiger partial charge >= 0.3 is 6.18 Å². The summed E-state index contributed by atoms with van der Waals surface area (Å²) in [7, 11) is 0. The van der Waals surface area contributed by atoms with Crippen molar-refractivity contribution in [1.29, 1.82) is 0 Å². The number of carbonyl (C=O) groups excluding carboxylic acids is 1. The molecule has 0 unspecified atom stereocenters. The smallest absolute Gasteiger partial charge is 0.310 e. The number of aromatic nitrogens is 3. The molecular formula is C16H17F3N4OS. The Morgan fingerprint density at radius 3 is 2.76 bits per heavy atom. The number of nitrogens with one attached hydrogen (secondary N) is 1. The number of amides is 1. The van der Waals surface area contributed by atoms with Crippen molar-refractivity contribution < 1.29 is 18.0 Å². The monoisotopic (exact) mass is 370 g/mol. The molecule has 25 heavy (non-hydrogen) atoms. The second-order valence-electron chi connectivity index (χ2n) is 5.96. The van der Waals surface area contributed by atoms with Crippen LogP contribution in [-0.4, -0.2) is 26.4 Å². The van der Waals surface area contributed by atoms with Gasteiger partial charge in [-0.1, -0.05) is 11.8 Å². The number of nitrogens with zero attached hydrogens (tertiary/aromatic N) is 3. The maximum atomic E-state index is 12.5. The number of rotatable bonds is 6. The van der Waals surface area contributed by atoms with Gasteiger partial charge in [0.25, 0.3) is 0 Å². The third kappa shape index (κ3) is 4.53. The van der Waals surface area contributed by atoms with Crippen LogP contribution >= 0.6 is 11.8 Å². The van der Waals surface area contributed by atoms with E-state index in [0.29, 0.717) is 16.8 Å². The maximum absolute atomic E-state index is 12.5. The first-order valence-electron chi connectivity index (χ1n) is 7.84. The summed E-state index contributed by atoms with van der Waals surface area (Å²) in [5.74, 6) is 1.03. The zero-order valence-corrected chi connectivity index (χ0v) is 14.3. The van der Waals surface area contributed by atoms with Crippen molar-refractivity contribution in [2.24, 2.45) is 5.92 Å². The molecule has 1 atom stereocenters. The van der Waals surface area contributed by atoms with Crippen molar-refractivity contribution in [3.8, 4) is 0 Å². The average Bonchev–Trinajstić information content (AvgIpc) is 3.32. The van der Waals surface area contributed by atoms with Crippen LogP contribution in [0.25, 0.3) is 0 Å². The summed E-state index contributed by atoms with van der Waals surface area (Å²) in [5.41, 5.74) is -0.806. The van der Waals surface area contributed by atoms with Gasteiger partial charge in [-0.3, -0.25) is 4.79 Å². The second kappa shape index (κ2) is 7.07. The minimum atomic E-state index is -4.41. The molecule has 0 aliphatic heterocycles. The van der Waals surface area contributed by atoms with Gasteiger partial charge in [0, 0.05) is 12.3 Å². The average molecular weight is 370 g/mol. The van der Waals surface area contributed by atoms with Gasteiger partial charge in [0.05, 0.1) is 28.6 Å². The number of alkyl halides is 3. The van der Waals surface area contributed by atoms with Crippen LogP contribution in [0, 0.1) is 5.92 Å². The van der Waals surface area contributed by atoms with Crippen LogP contribution in [0.3, 0.4) is 0 Å². The topological polar surface area (TPSA) is 59.8 Å². The fourth-order valence-corrected chi connectivity index (χ4v) is 3.11. The Kier molecular flexibility index (Phi) is 5.03. The largest absolute Gasteiger partial charge is 0.417 e. The summed E-state index contributed by atoms with van der Waals surface area (Å²) in [6, 6.07) is 4.19. The van der Waals surface area contributed by atoms with E-state index in [2.05, 4.69) is 22.3 Å². The molecule has 2 aromatic heterocycles. The third-order valence-corrected chi connectivity index (χ3v) is 4.99. The number of carbonyl (C=O) groups is 1. The SMILES string of the molecule is C[C@H](C1CC1)n1nccc1NC(=O)CSc1ccc(C(F)(F)F)cn1. The highest BCUT2D eigenvalue weighted by atomic mass is 32.2. The standard InChI is InChI=1S/C16H17F3N4OS/c1-10(11-2-3-11)23-13(6-7-21-23)22-14(24)9-25-15-5-4-12(8-20-15)16(17,18)19/h4-8,10-11H,2-3,9H2,1H3,(H,22,24)/t10-/m1/s1. The van der Waals surface area contributed by atoms with Crippen LogP contribution in [0.15, 0.2) is 35.6 Å². The van der Waals surface area contributed by atoms with Crippen molar-refractivity contribution in [1.82, 2.24) is 14.8 Å². The van der Waals surface area contributed by atoms with E-state index in [4.69, 9.17) is 0 Å². The summed E-state index contributed by atoms with van der Waals surface area (Å²) in [4.78, 5) is 15.8. The van der Waals surface area contributed by atoms with E-state index in [-0.39, 0.29) is 17.7 Å². The Morgan fingerprint density at radius 2 is 2.16 bits per heavy atom. The van der Waals surface area contributed by atoms with Crippen LogP contribution in [0.2, 0.25) is 0 Å². The molecule has 1 aliphatic rings. The Hall–Kier alpha value is -2.03. The van der Waals surface area contributed by atoms with Crippen LogP contribution in [0.5, 0.6) is 0 Å². The van der Waals surface area contributed by atoms with Gasteiger partial charge in [-0.2, -0.15) is 18.3 Å². The summed E-state index contributed by atoms with van der Waals surface area (Å²) < 4.78 is 39.3. The fraction of sp³-hybridized carbons (Fsp3) is 0.438. The summed E-state index contributed by atoms with van der Waals surface area (Å²) in [5, 5.41) is 7.41. The highest BCUT2D eigenvalue weighted by Gasteiger charge is 2.31. The number of hydrogen-bond donors (Lipinski definition) is 1. The van der Waals surface area contributed by atoms with Gasteiger partial charge in [-0.05, 0) is 37.8 Å². The van der Waals surface area contributed by atoms with E-state index in [0.717, 1.165) is 24.0 Å². The molecule has 0 radical (unpaired) electrons. The molecule has 0 bridgehead atoms. The van der Waals surface area contributed by atoms with Crippen LogP contribution < -0.4 is 5.32 Å². The number of anilines is 1. The Morgan fingerprint density at radius 1 is 1.40 bits per heavy atom. The predicted octanol–water partition coefficient (Wildman–Crippen LogP) is 4.00. The molecule has 5 nitrogen and oxygen atoms in total. The molecule has 1 saturated carbocycles. The van der Waals surface area contributed by atoms with Crippen molar-refractivity contribution >= 4 is 23.5 Å². The molecule has 0 aromatic carbocycles. The lowest BCUT2D eigenvalue weighted by molar-refractivity contribution is -0.137. The predicted molar refractivity (Wildman–Crippen MR) is 88.3 cm³/mol. The molecule has 2 heterocycles. The van der Waals surface area contributed by atoms with E-state index in [9.17, 15) is 18.0 Å². The Balaban J connectivity index is 1.54. The fourth-order valence-electron chi connectivity index (χ4n) is 2.47. The highest BCUT2D eigenvalue weighted by Crippen LogP contribution is 2.40. The summed E-state index contributed by atoms with van der Waals surface area (Å²) in [6.45, 7) is 2.07. The second-order valence-corrected chi connectivity index (χ2v) is 6.95. The van der Waals surface area contributed by atoms with Crippen LogP contribution in [-0.2, 0) is 11.0 Å². The van der Waals surface area contributed by atoms with Crippen LogP contribution in [0.4, 0.5) is 19.0 Å². The summed E-state index contributed by atoms with van der Waals surface area (Å²) >= 11 is 1.08. The highest BCUT2D eigenvalue weighted by molar-refractivity contribution is 7.99. The molecule has 1 N–H and O–H groups in total. The molecule has 1 aliphatic carbocycles. The lowest BCUT2D eigenvalue weighted by Gasteiger charge is -2.15. The van der Waals surface area contributed by atoms with Crippen molar-refractivity contribution in [3.05, 3.63) is 36.2 Å². The van der Waals surface area contributed by atoms with Gasteiger partial charge in [-0.15, -0.1) is 0 Å². The first kappa shape index (κ1) is 17.8. The van der Waals surface area contributed by atoms with E-state index in [1.807, 2.05) is 0 Å². The first-order chi connectivity index (χ1) is 11.8. The number of pyridine rings is 1. The molecule has 9 heteroatoms. The molecule has 3 rings (SSSR count). The summed E-state index contributed by atoms with van der Waals surface area (Å²) in [6.07, 6.45) is 0.337. The van der Waals surface area contributed by atoms with Gasteiger partial charge in [-0.25, -0.2) is 9.67 Å². The van der Waals surface area contributed by atoms with E-state index < -0.39 is 11.7 Å². The molecule has 134 valence electrons. The molecule has 2 aromatic rings. The van der Waals surface area contributed by atoms with Gasteiger partial charge in [0.2, 0.25) is 5.91 Å². The first-order valence-corrected chi connectivity index (χ1v) is 8.82. The molecule has 1 amide bonds. The van der Waals surface area contributed by atoms with E-state index in [1.54, 1.807) is 16.9 Å². The Labute approximate surface area is 147 Å². The third-order valence-electron chi connectivity index (χ3n) is 4.04. The van der Waals surface area contributed by atoms with Crippen LogP contribution in [0.1, 0.15) is 31.4 Å². The van der Waals surface area contributed by atoms with E-state index in [1.165, 1.54) is 18.9 Å². The number of thioether (sulfide) groups is 1. The molecule has 0 spiro atoms. The van der Waals surface area contributed by atoms with Gasteiger partial charge < -0.3 is 5.32 Å². The van der Waals surface area contributed by atoms with Gasteiger partial charge in [0.1, 0.15) is 5.82 Å². The van der Waals surface area contributed by atoms with Crippen molar-refractivity contribution in [3.63, 3.8) is 0 Å². The zero-order valence-electron chi connectivity index (χ0n) is 13.5. The quantitative estimate of drug-likeness (QED) is 0.781. The molecule has 0 saturated heterocycles. The molecule has 1 fully saturated rings. The number of halogens is 3. The normalized spacial score (nSPS) is 15.8. The molecular weight excluding hydrogens is 353 g/mol. The lowest BCUT2D eigenvalue weighted by atomic mass is 10.2. The zero-order chi connectivity index (χ0) is 18.0. The Bertz CT molecular complexity index is 741. The maximum Gasteiger partial charge on any atom is 0.417 e. The van der Waals surface area contributed by atoms with Gasteiger partial charge in [0.15, 0.2) is 0 Å². The van der Waals surface area contributed by atoms with Crippen molar-refractivity contribution in [2.45, 2.75) is 37.0 Å².